The van der Waals surface area contributed by atoms with Gasteiger partial charge in [-0.15, -0.1) is 0 Å². The van der Waals surface area contributed by atoms with Crippen molar-refractivity contribution < 1.29 is 0 Å². The van der Waals surface area contributed by atoms with Gasteiger partial charge < -0.3 is 4.90 Å². The number of nitrogens with zero attached hydrogens (tertiary/aromatic N) is 1. The van der Waals surface area contributed by atoms with E-state index in [2.05, 4.69) is 95.6 Å². The maximum atomic E-state index is 3.64. The lowest BCUT2D eigenvalue weighted by Gasteiger charge is -2.12. The van der Waals surface area contributed by atoms with E-state index in [9.17, 15) is 0 Å². The summed E-state index contributed by atoms with van der Waals surface area (Å²) in [7, 11) is 4.11. The zero-order chi connectivity index (χ0) is 14.1. The van der Waals surface area contributed by atoms with Gasteiger partial charge in [-0.1, -0.05) is 52.3 Å². The Morgan fingerprint density at radius 1 is 0.900 bits per heavy atom. The smallest absolute Gasteiger partial charge is 0.0361 e. The molecule has 0 heterocycles. The molecule has 0 bridgehead atoms. The largest absolute Gasteiger partial charge is 0.378 e. The van der Waals surface area contributed by atoms with Crippen molar-refractivity contribution in [3.63, 3.8) is 0 Å². The third-order valence-electron chi connectivity index (χ3n) is 3.51. The van der Waals surface area contributed by atoms with Crippen LogP contribution in [0.3, 0.4) is 0 Å². The van der Waals surface area contributed by atoms with Gasteiger partial charge in [0, 0.05) is 24.3 Å². The van der Waals surface area contributed by atoms with Crippen molar-refractivity contribution in [2.75, 3.05) is 19.0 Å². The number of rotatable bonds is 2. The summed E-state index contributed by atoms with van der Waals surface area (Å²) in [5, 5.41) is 0. The van der Waals surface area contributed by atoms with Crippen LogP contribution in [0.2, 0.25) is 0 Å². The second kappa shape index (κ2) is 5.29. The zero-order valence-electron chi connectivity index (χ0n) is 11.6. The molecule has 1 nitrogen and oxygen atoms in total. The lowest BCUT2D eigenvalue weighted by molar-refractivity contribution is 1.13. The maximum absolute atomic E-state index is 3.64. The Morgan fingerprint density at radius 3 is 2.20 bits per heavy atom. The highest BCUT2D eigenvalue weighted by Crippen LogP contribution is 2.39. The Bertz CT molecular complexity index is 694. The van der Waals surface area contributed by atoms with Crippen LogP contribution < -0.4 is 4.90 Å². The quantitative estimate of drug-likeness (QED) is 0.747. The van der Waals surface area contributed by atoms with Crippen LogP contribution in [0.25, 0.3) is 16.1 Å². The molecule has 0 fully saturated rings. The molecule has 2 aromatic carbocycles. The summed E-state index contributed by atoms with van der Waals surface area (Å²) in [6, 6.07) is 17.1. The van der Waals surface area contributed by atoms with Crippen molar-refractivity contribution in [1.82, 2.24) is 0 Å². The van der Waals surface area contributed by atoms with Crippen LogP contribution in [0.4, 0.5) is 5.69 Å². The Balaban J connectivity index is 1.98. The van der Waals surface area contributed by atoms with Crippen molar-refractivity contribution in [2.45, 2.75) is 0 Å². The van der Waals surface area contributed by atoms with Crippen LogP contribution in [0.5, 0.6) is 0 Å². The molecular weight excluding hydrogens is 310 g/mol. The average Bonchev–Trinajstić information content (AvgIpc) is 2.77. The number of anilines is 1. The first kappa shape index (κ1) is 13.2. The molecule has 100 valence electrons. The van der Waals surface area contributed by atoms with E-state index in [4.69, 9.17) is 0 Å². The highest BCUT2D eigenvalue weighted by Gasteiger charge is 2.15. The first-order valence-electron chi connectivity index (χ1n) is 6.61. The highest BCUT2D eigenvalue weighted by molar-refractivity contribution is 9.15. The molecule has 3 rings (SSSR count). The summed E-state index contributed by atoms with van der Waals surface area (Å²) in [4.78, 5) is 2.11. The minimum Gasteiger partial charge on any atom is -0.378 e. The van der Waals surface area contributed by atoms with Crippen LogP contribution in [0.1, 0.15) is 16.7 Å². The molecule has 0 aliphatic heterocycles. The van der Waals surface area contributed by atoms with Crippen LogP contribution in [-0.2, 0) is 0 Å². The molecule has 1 aliphatic carbocycles. The molecular formula is C18H16BrN. The molecule has 0 N–H and O–H groups in total. The van der Waals surface area contributed by atoms with Crippen LogP contribution >= 0.6 is 15.9 Å². The molecule has 0 aromatic heterocycles. The molecule has 0 unspecified atom stereocenters. The molecule has 2 heteroatoms. The highest BCUT2D eigenvalue weighted by atomic mass is 79.9. The van der Waals surface area contributed by atoms with Crippen LogP contribution in [-0.4, -0.2) is 14.1 Å². The van der Waals surface area contributed by atoms with Crippen molar-refractivity contribution in [3.8, 4) is 0 Å². The molecule has 0 atom stereocenters. The molecule has 0 saturated heterocycles. The van der Waals surface area contributed by atoms with Crippen molar-refractivity contribution >= 4 is 37.7 Å². The summed E-state index contributed by atoms with van der Waals surface area (Å²) >= 11 is 3.64. The van der Waals surface area contributed by atoms with E-state index in [1.54, 1.807) is 0 Å². The van der Waals surface area contributed by atoms with Gasteiger partial charge in [-0.05, 0) is 46.5 Å². The van der Waals surface area contributed by atoms with Crippen molar-refractivity contribution in [3.05, 3.63) is 71.3 Å². The van der Waals surface area contributed by atoms with Gasteiger partial charge in [0.1, 0.15) is 0 Å². The molecule has 0 radical (unpaired) electrons. The van der Waals surface area contributed by atoms with Gasteiger partial charge in [-0.2, -0.15) is 0 Å². The van der Waals surface area contributed by atoms with Gasteiger partial charge in [0.25, 0.3) is 0 Å². The fourth-order valence-corrected chi connectivity index (χ4v) is 3.00. The van der Waals surface area contributed by atoms with E-state index in [-0.39, 0.29) is 0 Å². The van der Waals surface area contributed by atoms with Gasteiger partial charge in [0.2, 0.25) is 0 Å². The Kier molecular flexibility index (Phi) is 3.49. The van der Waals surface area contributed by atoms with Crippen LogP contribution in [0.15, 0.2) is 54.6 Å². The third kappa shape index (κ3) is 2.44. The number of benzene rings is 2. The van der Waals surface area contributed by atoms with Crippen LogP contribution in [0, 0.1) is 0 Å². The van der Waals surface area contributed by atoms with E-state index >= 15 is 0 Å². The number of allylic oxidation sites excluding steroid dienone is 2. The van der Waals surface area contributed by atoms with Crippen molar-refractivity contribution in [1.29, 1.82) is 0 Å². The maximum Gasteiger partial charge on any atom is 0.0361 e. The van der Waals surface area contributed by atoms with E-state index < -0.39 is 0 Å². The van der Waals surface area contributed by atoms with E-state index in [0.717, 1.165) is 4.48 Å². The summed E-state index contributed by atoms with van der Waals surface area (Å²) in [5.41, 5.74) is 6.25. The van der Waals surface area contributed by atoms with Crippen molar-refractivity contribution in [2.24, 2.45) is 0 Å². The Labute approximate surface area is 128 Å². The molecule has 0 amide bonds. The normalized spacial score (nSPS) is 15.2. The third-order valence-corrected chi connectivity index (χ3v) is 4.17. The van der Waals surface area contributed by atoms with Gasteiger partial charge >= 0.3 is 0 Å². The molecule has 1 aliphatic rings. The number of hydrogen-bond acceptors (Lipinski definition) is 1. The zero-order valence-corrected chi connectivity index (χ0v) is 13.2. The minimum atomic E-state index is 1.16. The fourth-order valence-electron chi connectivity index (χ4n) is 2.40. The van der Waals surface area contributed by atoms with E-state index in [1.165, 1.54) is 28.0 Å². The second-order valence-corrected chi connectivity index (χ2v) is 5.98. The van der Waals surface area contributed by atoms with Gasteiger partial charge in [0.15, 0.2) is 0 Å². The summed E-state index contributed by atoms with van der Waals surface area (Å²) in [6.07, 6.45) is 4.41. The standard InChI is InChI=1S/C18H16BrN/c1-20(2)15-9-7-13(8-10-15)11-14-12-18(19)17-6-4-3-5-16(14)17/h3-12H,1-2H3/b14-11+. The molecule has 2 aromatic rings. The molecule has 20 heavy (non-hydrogen) atoms. The number of fused-ring (bicyclic) bond motifs is 1. The number of hydrogen-bond donors (Lipinski definition) is 0. The fraction of sp³-hybridized carbons (Fsp3) is 0.111. The summed E-state index contributed by atoms with van der Waals surface area (Å²) in [6.45, 7) is 0. The first-order chi connectivity index (χ1) is 9.65. The van der Waals surface area contributed by atoms with Gasteiger partial charge in [-0.25, -0.2) is 0 Å². The molecule has 0 saturated carbocycles. The first-order valence-corrected chi connectivity index (χ1v) is 7.40. The van der Waals surface area contributed by atoms with Gasteiger partial charge in [0.05, 0.1) is 0 Å². The topological polar surface area (TPSA) is 3.24 Å². The predicted octanol–water partition coefficient (Wildman–Crippen LogP) is 5.04. The lowest BCUT2D eigenvalue weighted by Crippen LogP contribution is -2.07. The average molecular weight is 326 g/mol. The number of halogens is 1. The Morgan fingerprint density at radius 2 is 1.55 bits per heavy atom. The Hall–Kier alpha value is -1.80. The van der Waals surface area contributed by atoms with Gasteiger partial charge in [-0.3, -0.25) is 0 Å². The molecule has 0 spiro atoms. The summed E-state index contributed by atoms with van der Waals surface area (Å²) in [5.74, 6) is 0. The summed E-state index contributed by atoms with van der Waals surface area (Å²) < 4.78 is 1.16. The second-order valence-electron chi connectivity index (χ2n) is 5.12. The lowest BCUT2D eigenvalue weighted by atomic mass is 10.0. The SMILES string of the molecule is CN(C)c1ccc(/C=C2\C=C(Br)c3ccccc32)cc1. The monoisotopic (exact) mass is 325 g/mol. The minimum absolute atomic E-state index is 1.16. The predicted molar refractivity (Wildman–Crippen MR) is 92.0 cm³/mol. The van der Waals surface area contributed by atoms with E-state index in [1.807, 2.05) is 0 Å². The van der Waals surface area contributed by atoms with E-state index in [0.29, 0.717) is 0 Å².